The molecule has 1 aromatic heterocycles. The Morgan fingerprint density at radius 2 is 2.12 bits per heavy atom. The van der Waals surface area contributed by atoms with Crippen LogP contribution in [-0.4, -0.2) is 18.6 Å². The van der Waals surface area contributed by atoms with Gasteiger partial charge in [0, 0.05) is 0 Å². The average Bonchev–Trinajstić information content (AvgIpc) is 2.78. The first kappa shape index (κ1) is 11.9. The van der Waals surface area contributed by atoms with E-state index in [9.17, 15) is 8.42 Å². The molecule has 5 nitrogen and oxygen atoms in total. The molecule has 0 amide bonds. The maximum absolute atomic E-state index is 11.9. The van der Waals surface area contributed by atoms with Crippen LogP contribution < -0.4 is 4.72 Å². The second kappa shape index (κ2) is 4.38. The van der Waals surface area contributed by atoms with Crippen molar-refractivity contribution >= 4 is 27.3 Å². The SMILES string of the molecule is Cc1cccc(NS(=O)(=O)c2ccn[nH]2)c1Cl. The molecule has 0 aliphatic heterocycles. The van der Waals surface area contributed by atoms with Gasteiger partial charge in [0.15, 0.2) is 5.03 Å². The van der Waals surface area contributed by atoms with Gasteiger partial charge >= 0.3 is 0 Å². The Balaban J connectivity index is 2.37. The third kappa shape index (κ3) is 2.42. The molecular weight excluding hydrogens is 262 g/mol. The largest absolute Gasteiger partial charge is 0.278 e. The van der Waals surface area contributed by atoms with Crippen LogP contribution in [0.15, 0.2) is 35.5 Å². The fraction of sp³-hybridized carbons (Fsp3) is 0.100. The fourth-order valence-electron chi connectivity index (χ4n) is 1.32. The molecule has 0 bridgehead atoms. The van der Waals surface area contributed by atoms with Gasteiger partial charge < -0.3 is 0 Å². The summed E-state index contributed by atoms with van der Waals surface area (Å²) in [4.78, 5) is 0. The number of halogens is 1. The summed E-state index contributed by atoms with van der Waals surface area (Å²) in [6.07, 6.45) is 1.37. The smallest absolute Gasteiger partial charge is 0.277 e. The molecule has 7 heteroatoms. The summed E-state index contributed by atoms with van der Waals surface area (Å²) in [5, 5.41) is 6.36. The Hall–Kier alpha value is -1.53. The predicted molar refractivity (Wildman–Crippen MR) is 65.6 cm³/mol. The average molecular weight is 272 g/mol. The number of benzene rings is 1. The number of aromatic nitrogens is 2. The first-order valence-electron chi connectivity index (χ1n) is 4.78. The molecule has 0 atom stereocenters. The maximum atomic E-state index is 11.9. The molecule has 0 aliphatic carbocycles. The monoisotopic (exact) mass is 271 g/mol. The van der Waals surface area contributed by atoms with Crippen molar-refractivity contribution in [3.05, 3.63) is 41.0 Å². The standard InChI is InChI=1S/C10H10ClN3O2S/c1-7-3-2-4-8(10(7)11)14-17(15,16)9-5-6-12-13-9/h2-6,14H,1H3,(H,12,13). The zero-order valence-corrected chi connectivity index (χ0v) is 10.5. The normalized spacial score (nSPS) is 11.4. The number of hydrogen-bond donors (Lipinski definition) is 2. The lowest BCUT2D eigenvalue weighted by Crippen LogP contribution is -2.13. The number of aromatic amines is 1. The van der Waals surface area contributed by atoms with E-state index >= 15 is 0 Å². The molecule has 0 radical (unpaired) electrons. The molecule has 1 heterocycles. The number of aryl methyl sites for hydroxylation is 1. The van der Waals surface area contributed by atoms with Crippen LogP contribution in [0.5, 0.6) is 0 Å². The van der Waals surface area contributed by atoms with Gasteiger partial charge in [-0.15, -0.1) is 0 Å². The van der Waals surface area contributed by atoms with Crippen molar-refractivity contribution in [2.24, 2.45) is 0 Å². The molecule has 0 aliphatic rings. The maximum Gasteiger partial charge on any atom is 0.278 e. The van der Waals surface area contributed by atoms with Crippen LogP contribution in [0.2, 0.25) is 5.02 Å². The van der Waals surface area contributed by atoms with Crippen LogP contribution in [0.25, 0.3) is 0 Å². The molecule has 1 aromatic carbocycles. The zero-order chi connectivity index (χ0) is 12.5. The first-order valence-corrected chi connectivity index (χ1v) is 6.64. The highest BCUT2D eigenvalue weighted by Crippen LogP contribution is 2.26. The van der Waals surface area contributed by atoms with E-state index in [1.165, 1.54) is 12.3 Å². The number of anilines is 1. The summed E-state index contributed by atoms with van der Waals surface area (Å²) in [7, 11) is -3.66. The van der Waals surface area contributed by atoms with E-state index in [2.05, 4.69) is 14.9 Å². The van der Waals surface area contributed by atoms with Crippen LogP contribution in [0.1, 0.15) is 5.56 Å². The van der Waals surface area contributed by atoms with Crippen LogP contribution >= 0.6 is 11.6 Å². The van der Waals surface area contributed by atoms with Gasteiger partial charge in [-0.25, -0.2) is 0 Å². The van der Waals surface area contributed by atoms with Crippen molar-refractivity contribution in [1.29, 1.82) is 0 Å². The van der Waals surface area contributed by atoms with E-state index in [1.54, 1.807) is 25.1 Å². The van der Waals surface area contributed by atoms with Crippen molar-refractivity contribution in [2.45, 2.75) is 11.9 Å². The quantitative estimate of drug-likeness (QED) is 0.898. The van der Waals surface area contributed by atoms with Crippen LogP contribution in [-0.2, 0) is 10.0 Å². The van der Waals surface area contributed by atoms with Gasteiger partial charge in [-0.2, -0.15) is 13.5 Å². The van der Waals surface area contributed by atoms with E-state index in [-0.39, 0.29) is 5.03 Å². The first-order chi connectivity index (χ1) is 8.00. The van der Waals surface area contributed by atoms with Gasteiger partial charge in [-0.3, -0.25) is 9.82 Å². The Bertz CT molecular complexity index is 623. The molecule has 17 heavy (non-hydrogen) atoms. The number of H-pyrrole nitrogens is 1. The molecule has 0 fully saturated rings. The van der Waals surface area contributed by atoms with Gasteiger partial charge in [-0.05, 0) is 24.6 Å². The number of nitrogens with zero attached hydrogens (tertiary/aromatic N) is 1. The van der Waals surface area contributed by atoms with E-state index < -0.39 is 10.0 Å². The van der Waals surface area contributed by atoms with Gasteiger partial charge in [0.05, 0.1) is 16.9 Å². The van der Waals surface area contributed by atoms with Crippen molar-refractivity contribution in [3.8, 4) is 0 Å². The Kier molecular flexibility index (Phi) is 3.08. The number of sulfonamides is 1. The van der Waals surface area contributed by atoms with Crippen molar-refractivity contribution < 1.29 is 8.42 Å². The van der Waals surface area contributed by atoms with E-state index in [1.807, 2.05) is 0 Å². The Morgan fingerprint density at radius 1 is 1.35 bits per heavy atom. The minimum atomic E-state index is -3.66. The Labute approximate surface area is 104 Å². The molecule has 2 N–H and O–H groups in total. The third-order valence-corrected chi connectivity index (χ3v) is 4.00. The topological polar surface area (TPSA) is 74.8 Å². The highest BCUT2D eigenvalue weighted by molar-refractivity contribution is 7.92. The lowest BCUT2D eigenvalue weighted by molar-refractivity contribution is 0.597. The molecule has 2 rings (SSSR count). The molecule has 0 unspecified atom stereocenters. The summed E-state index contributed by atoms with van der Waals surface area (Å²) < 4.78 is 26.2. The van der Waals surface area contributed by atoms with Gasteiger partial charge in [0.2, 0.25) is 0 Å². The second-order valence-electron chi connectivity index (χ2n) is 3.46. The molecule has 0 saturated heterocycles. The van der Waals surface area contributed by atoms with Crippen LogP contribution in [0.4, 0.5) is 5.69 Å². The van der Waals surface area contributed by atoms with Crippen LogP contribution in [0, 0.1) is 6.92 Å². The van der Waals surface area contributed by atoms with Gasteiger partial charge in [0.25, 0.3) is 10.0 Å². The molecular formula is C10H10ClN3O2S. The minimum Gasteiger partial charge on any atom is -0.277 e. The van der Waals surface area contributed by atoms with E-state index in [0.717, 1.165) is 5.56 Å². The van der Waals surface area contributed by atoms with Gasteiger partial charge in [-0.1, -0.05) is 23.7 Å². The summed E-state index contributed by atoms with van der Waals surface area (Å²) in [6, 6.07) is 6.50. The highest BCUT2D eigenvalue weighted by Gasteiger charge is 2.17. The number of nitrogens with one attached hydrogen (secondary N) is 2. The van der Waals surface area contributed by atoms with E-state index in [4.69, 9.17) is 11.6 Å². The predicted octanol–water partition coefficient (Wildman–Crippen LogP) is 2.17. The molecule has 2 aromatic rings. The van der Waals surface area contributed by atoms with Crippen LogP contribution in [0.3, 0.4) is 0 Å². The third-order valence-electron chi connectivity index (χ3n) is 2.20. The summed E-state index contributed by atoms with van der Waals surface area (Å²) in [5.74, 6) is 0. The lowest BCUT2D eigenvalue weighted by atomic mass is 10.2. The van der Waals surface area contributed by atoms with Crippen molar-refractivity contribution in [2.75, 3.05) is 4.72 Å². The van der Waals surface area contributed by atoms with E-state index in [0.29, 0.717) is 10.7 Å². The molecule has 0 saturated carbocycles. The number of hydrogen-bond acceptors (Lipinski definition) is 3. The number of rotatable bonds is 3. The highest BCUT2D eigenvalue weighted by atomic mass is 35.5. The van der Waals surface area contributed by atoms with Crippen molar-refractivity contribution in [1.82, 2.24) is 10.2 Å². The second-order valence-corrected chi connectivity index (χ2v) is 5.49. The lowest BCUT2D eigenvalue weighted by Gasteiger charge is -2.09. The summed E-state index contributed by atoms with van der Waals surface area (Å²) >= 11 is 6.01. The Morgan fingerprint density at radius 3 is 2.76 bits per heavy atom. The fourth-order valence-corrected chi connectivity index (χ4v) is 2.53. The molecule has 0 spiro atoms. The van der Waals surface area contributed by atoms with Gasteiger partial charge in [0.1, 0.15) is 0 Å². The summed E-state index contributed by atoms with van der Waals surface area (Å²) in [5.41, 5.74) is 1.15. The zero-order valence-electron chi connectivity index (χ0n) is 8.94. The minimum absolute atomic E-state index is 0.00456. The molecule has 90 valence electrons. The van der Waals surface area contributed by atoms with Crippen molar-refractivity contribution in [3.63, 3.8) is 0 Å². The summed E-state index contributed by atoms with van der Waals surface area (Å²) in [6.45, 7) is 1.80.